The molecule has 2 heterocycles. The Bertz CT molecular complexity index is 1880. The molecule has 4 N–H and O–H groups in total. The number of Topliss-reactive ketones (excluding diaryl/α,β-unsaturated/α-hetero) is 1. The van der Waals surface area contributed by atoms with Crippen LogP contribution in [0.15, 0.2) is 12.1 Å². The standard InChI is InChI=1S/C57H99N4O16P/c1-3-5-7-9-11-13-15-17-19-21-23-25-27-31-56(69)74-46-50(77-57(70)32-28-26-24-22-20-18-16-14-12-10-8-6-4-2)47-76-78(71,72)75-39-29-30-49(62)45-73-52-34-33-48-40-60(43-54(65)66)37-35-59(42-53(63)64)36-38-61(44-55(67)68)41-51(52)58-48/h33-34,50H,3-32,35-47H2,1-2H3,(H,63,64)(H,65,66)(H,67,68)(H,71,72)/t50-/m1/s1. The quantitative estimate of drug-likeness (QED) is 0.0268. The molecule has 78 heavy (non-hydrogen) atoms. The van der Waals surface area contributed by atoms with Crippen LogP contribution in [0.2, 0.25) is 0 Å². The number of ether oxygens (including phenoxy) is 3. The summed E-state index contributed by atoms with van der Waals surface area (Å²) in [5.74, 6) is -4.49. The van der Waals surface area contributed by atoms with Gasteiger partial charge >= 0.3 is 37.7 Å². The number of unbranched alkanes of at least 4 members (excludes halogenated alkanes) is 24. The summed E-state index contributed by atoms with van der Waals surface area (Å²) in [6, 6.07) is 3.17. The highest BCUT2D eigenvalue weighted by atomic mass is 31.2. The van der Waals surface area contributed by atoms with E-state index in [1.807, 2.05) is 0 Å². The van der Waals surface area contributed by atoms with E-state index in [9.17, 15) is 53.5 Å². The van der Waals surface area contributed by atoms with E-state index in [0.717, 1.165) is 38.5 Å². The molecule has 2 rings (SSSR count). The highest BCUT2D eigenvalue weighted by Gasteiger charge is 2.27. The van der Waals surface area contributed by atoms with Crippen LogP contribution in [0.3, 0.4) is 0 Å². The smallest absolute Gasteiger partial charge is 0.472 e. The van der Waals surface area contributed by atoms with Gasteiger partial charge in [0.15, 0.2) is 11.9 Å². The molecule has 448 valence electrons. The van der Waals surface area contributed by atoms with E-state index in [0.29, 0.717) is 18.5 Å². The molecular formula is C57H99N4O16P. The SMILES string of the molecule is CCCCCCCCCCCCCCCC(=O)OC[C@H](COP(=O)(O)OCCCC(=O)COc1ccc2nc1CN(CC(=O)O)CCN(CC(=O)O)CCN(CC(=O)O)C2)OC(=O)CCCCCCCCCCCCCCC. The summed E-state index contributed by atoms with van der Waals surface area (Å²) in [5, 5.41) is 28.7. The van der Waals surface area contributed by atoms with Crippen molar-refractivity contribution in [3.8, 4) is 5.75 Å². The first-order valence-corrected chi connectivity index (χ1v) is 31.0. The Morgan fingerprint density at radius 2 is 0.974 bits per heavy atom. The Balaban J connectivity index is 1.90. The molecule has 0 spiro atoms. The van der Waals surface area contributed by atoms with Crippen molar-refractivity contribution in [1.82, 2.24) is 19.7 Å². The van der Waals surface area contributed by atoms with Crippen molar-refractivity contribution < 1.29 is 76.8 Å². The third-order valence-corrected chi connectivity index (χ3v) is 14.6. The van der Waals surface area contributed by atoms with Crippen molar-refractivity contribution in [2.24, 2.45) is 0 Å². The van der Waals surface area contributed by atoms with Gasteiger partial charge in [-0.05, 0) is 31.4 Å². The van der Waals surface area contributed by atoms with Crippen molar-refractivity contribution >= 4 is 43.5 Å². The van der Waals surface area contributed by atoms with Crippen molar-refractivity contribution in [3.63, 3.8) is 0 Å². The van der Waals surface area contributed by atoms with E-state index in [2.05, 4.69) is 18.8 Å². The Labute approximate surface area is 465 Å². The highest BCUT2D eigenvalue weighted by molar-refractivity contribution is 7.47. The molecule has 1 unspecified atom stereocenters. The van der Waals surface area contributed by atoms with Crippen molar-refractivity contribution in [2.75, 3.05) is 72.2 Å². The fourth-order valence-electron chi connectivity index (χ4n) is 9.23. The van der Waals surface area contributed by atoms with E-state index in [1.54, 1.807) is 26.8 Å². The van der Waals surface area contributed by atoms with Gasteiger partial charge in [-0.3, -0.25) is 57.5 Å². The van der Waals surface area contributed by atoms with Gasteiger partial charge in [0.1, 0.15) is 19.0 Å². The van der Waals surface area contributed by atoms with Crippen LogP contribution in [-0.2, 0) is 64.9 Å². The largest absolute Gasteiger partial charge is 0.484 e. The van der Waals surface area contributed by atoms with Crippen LogP contribution in [0.25, 0.3) is 0 Å². The van der Waals surface area contributed by atoms with Crippen LogP contribution in [0.1, 0.15) is 218 Å². The number of rotatable bonds is 48. The van der Waals surface area contributed by atoms with Gasteiger partial charge in [-0.1, -0.05) is 168 Å². The van der Waals surface area contributed by atoms with Crippen LogP contribution < -0.4 is 4.74 Å². The van der Waals surface area contributed by atoms with Gasteiger partial charge in [-0.2, -0.15) is 0 Å². The summed E-state index contributed by atoms with van der Waals surface area (Å²) < 4.78 is 40.3. The second kappa shape index (κ2) is 44.7. The number of carbonyl (C=O) groups excluding carboxylic acids is 3. The molecule has 21 heteroatoms. The number of hydrogen-bond donors (Lipinski definition) is 4. The Kier molecular flexibility index (Phi) is 40.1. The minimum atomic E-state index is -4.72. The Morgan fingerprint density at radius 3 is 1.46 bits per heavy atom. The first kappa shape index (κ1) is 70.1. The molecule has 0 radical (unpaired) electrons. The fraction of sp³-hybridized carbons (Fsp3) is 0.807. The Hall–Kier alpha value is -4.04. The number of fused-ring (bicyclic) bond motifs is 2. The van der Waals surface area contributed by atoms with Crippen LogP contribution in [-0.4, -0.2) is 154 Å². The van der Waals surface area contributed by atoms with E-state index >= 15 is 0 Å². The number of nitrogens with zero attached hydrogens (tertiary/aromatic N) is 4. The molecule has 0 saturated heterocycles. The topological polar surface area (TPSA) is 269 Å². The number of carboxylic acids is 3. The number of phosphoric ester groups is 1. The summed E-state index contributed by atoms with van der Waals surface area (Å²) in [4.78, 5) is 93.7. The zero-order chi connectivity index (χ0) is 57.1. The maximum absolute atomic E-state index is 13.0. The Morgan fingerprint density at radius 1 is 0.538 bits per heavy atom. The average Bonchev–Trinajstić information content (AvgIpc) is 3.40. The predicted octanol–water partition coefficient (Wildman–Crippen LogP) is 10.5. The molecule has 0 aliphatic carbocycles. The predicted molar refractivity (Wildman–Crippen MR) is 297 cm³/mol. The number of esters is 2. The lowest BCUT2D eigenvalue weighted by atomic mass is 10.0. The van der Waals surface area contributed by atoms with Gasteiger partial charge in [0, 0.05) is 58.5 Å². The van der Waals surface area contributed by atoms with E-state index in [1.165, 1.54) is 116 Å². The minimum Gasteiger partial charge on any atom is -0.484 e. The number of phosphoric acid groups is 1. The molecule has 1 aliphatic rings. The number of ketones is 1. The van der Waals surface area contributed by atoms with Crippen LogP contribution in [0.4, 0.5) is 0 Å². The second-order valence-electron chi connectivity index (χ2n) is 20.9. The third kappa shape index (κ3) is 38.5. The molecular weight excluding hydrogens is 1030 g/mol. The van der Waals surface area contributed by atoms with Crippen molar-refractivity contribution in [2.45, 2.75) is 226 Å². The number of carboxylic acid groups (broad SMARTS) is 3. The fourth-order valence-corrected chi connectivity index (χ4v) is 10.0. The van der Waals surface area contributed by atoms with Gasteiger partial charge in [0.25, 0.3) is 0 Å². The lowest BCUT2D eigenvalue weighted by Gasteiger charge is -2.29. The number of aliphatic carboxylic acids is 3. The van der Waals surface area contributed by atoms with Crippen LogP contribution in [0, 0.1) is 0 Å². The molecule has 0 fully saturated rings. The highest BCUT2D eigenvalue weighted by Crippen LogP contribution is 2.43. The second-order valence-corrected chi connectivity index (χ2v) is 22.4. The van der Waals surface area contributed by atoms with Crippen molar-refractivity contribution in [1.29, 1.82) is 0 Å². The molecule has 20 nitrogen and oxygen atoms in total. The van der Waals surface area contributed by atoms with Gasteiger partial charge in [0.05, 0.1) is 44.2 Å². The van der Waals surface area contributed by atoms with Gasteiger partial charge < -0.3 is 34.4 Å². The van der Waals surface area contributed by atoms with E-state index in [-0.39, 0.29) is 103 Å². The van der Waals surface area contributed by atoms with E-state index < -0.39 is 69.3 Å². The molecule has 1 aromatic rings. The summed E-state index contributed by atoms with van der Waals surface area (Å²) in [5.41, 5.74) is 0.742. The lowest BCUT2D eigenvalue weighted by Crippen LogP contribution is -2.44. The average molecular weight is 1130 g/mol. The number of carbonyl (C=O) groups is 6. The molecule has 1 aliphatic heterocycles. The summed E-state index contributed by atoms with van der Waals surface area (Å²) in [6.45, 7) is 2.48. The van der Waals surface area contributed by atoms with Gasteiger partial charge in [-0.15, -0.1) is 0 Å². The summed E-state index contributed by atoms with van der Waals surface area (Å²) in [7, 11) is -4.72. The first-order valence-electron chi connectivity index (χ1n) is 29.5. The number of pyridine rings is 1. The maximum atomic E-state index is 13.0. The molecule has 2 bridgehead atoms. The van der Waals surface area contributed by atoms with E-state index in [4.69, 9.17) is 23.3 Å². The molecule has 1 aromatic heterocycles. The van der Waals surface area contributed by atoms with Crippen LogP contribution >= 0.6 is 7.82 Å². The van der Waals surface area contributed by atoms with Gasteiger partial charge in [0.2, 0.25) is 0 Å². The lowest BCUT2D eigenvalue weighted by molar-refractivity contribution is -0.161. The maximum Gasteiger partial charge on any atom is 0.472 e. The zero-order valence-electron chi connectivity index (χ0n) is 47.6. The summed E-state index contributed by atoms with van der Waals surface area (Å²) in [6.07, 6.45) is 29.4. The zero-order valence-corrected chi connectivity index (χ0v) is 48.5. The molecule has 0 saturated carbocycles. The normalized spacial score (nSPS) is 14.9. The molecule has 0 aromatic carbocycles. The summed E-state index contributed by atoms with van der Waals surface area (Å²) >= 11 is 0. The van der Waals surface area contributed by atoms with Crippen molar-refractivity contribution in [3.05, 3.63) is 23.5 Å². The molecule has 0 amide bonds. The minimum absolute atomic E-state index is 0.00708. The molecule has 2 atom stereocenters. The number of aromatic nitrogens is 1. The van der Waals surface area contributed by atoms with Crippen LogP contribution in [0.5, 0.6) is 5.75 Å². The third-order valence-electron chi connectivity index (χ3n) is 13.7. The first-order chi connectivity index (χ1) is 37.6. The van der Waals surface area contributed by atoms with Gasteiger partial charge in [-0.25, -0.2) is 4.57 Å². The monoisotopic (exact) mass is 1130 g/mol. The number of hydrogen-bond acceptors (Lipinski definition) is 16.